The predicted octanol–water partition coefficient (Wildman–Crippen LogP) is 3.79. The molecule has 1 aromatic carbocycles. The first-order valence-corrected chi connectivity index (χ1v) is 4.80. The summed E-state index contributed by atoms with van der Waals surface area (Å²) in [7, 11) is 0. The van der Waals surface area contributed by atoms with E-state index in [1.807, 2.05) is 38.1 Å². The summed E-state index contributed by atoms with van der Waals surface area (Å²) < 4.78 is 16.9. The van der Waals surface area contributed by atoms with Gasteiger partial charge in [-0.3, -0.25) is 0 Å². The molecular weight excluding hydrogens is 192 g/mol. The van der Waals surface area contributed by atoms with E-state index in [2.05, 4.69) is 0 Å². The molecule has 0 atom stereocenters. The number of fused-ring (bicyclic) bond motifs is 2. The van der Waals surface area contributed by atoms with Gasteiger partial charge in [0, 0.05) is 0 Å². The van der Waals surface area contributed by atoms with Crippen LogP contribution in [0.1, 0.15) is 11.5 Å². The van der Waals surface area contributed by atoms with Crippen LogP contribution in [0.2, 0.25) is 0 Å². The highest BCUT2D eigenvalue weighted by atomic mass is 16.6. The topological polar surface area (TPSA) is 31.6 Å². The van der Waals surface area contributed by atoms with E-state index in [1.54, 1.807) is 0 Å². The minimum atomic E-state index is 0.686. The average molecular weight is 202 g/mol. The number of hydrogen-bond acceptors (Lipinski definition) is 3. The number of para-hydroxylation sites is 2. The van der Waals surface area contributed by atoms with Crippen molar-refractivity contribution < 1.29 is 13.9 Å². The summed E-state index contributed by atoms with van der Waals surface area (Å²) in [5, 5.41) is 0. The van der Waals surface area contributed by atoms with Gasteiger partial charge in [0.05, 0.1) is 0 Å². The molecule has 1 aliphatic rings. The van der Waals surface area contributed by atoms with Crippen LogP contribution in [-0.2, 0) is 0 Å². The molecule has 1 aliphatic heterocycles. The lowest BCUT2D eigenvalue weighted by Crippen LogP contribution is -1.97. The van der Waals surface area contributed by atoms with Crippen molar-refractivity contribution in [3.8, 4) is 23.0 Å². The largest absolute Gasteiger partial charge is 0.459 e. The van der Waals surface area contributed by atoms with Gasteiger partial charge in [-0.15, -0.1) is 0 Å². The van der Waals surface area contributed by atoms with E-state index in [0.717, 1.165) is 23.0 Å². The molecule has 0 bridgehead atoms. The molecule has 0 fully saturated rings. The molecule has 0 unspecified atom stereocenters. The molecule has 0 saturated heterocycles. The summed E-state index contributed by atoms with van der Waals surface area (Å²) in [5.74, 6) is 4.33. The second kappa shape index (κ2) is 2.79. The van der Waals surface area contributed by atoms with Gasteiger partial charge in [0.2, 0.25) is 11.5 Å². The highest BCUT2D eigenvalue weighted by Crippen LogP contribution is 2.49. The lowest BCUT2D eigenvalue weighted by Gasteiger charge is -2.17. The molecule has 15 heavy (non-hydrogen) atoms. The predicted molar refractivity (Wildman–Crippen MR) is 54.8 cm³/mol. The van der Waals surface area contributed by atoms with Crippen molar-refractivity contribution in [2.75, 3.05) is 0 Å². The Morgan fingerprint density at radius 2 is 1.27 bits per heavy atom. The summed E-state index contributed by atoms with van der Waals surface area (Å²) in [6.07, 6.45) is 0. The lowest BCUT2D eigenvalue weighted by molar-refractivity contribution is 0.359. The Hall–Kier alpha value is -1.90. The standard InChI is InChI=1S/C12H10O3/c1-7-11-12(8(2)13-7)15-10-6-4-3-5-9(10)14-11/h3-6H,1-2H3. The maximum absolute atomic E-state index is 5.71. The third-order valence-corrected chi connectivity index (χ3v) is 2.43. The zero-order valence-electron chi connectivity index (χ0n) is 8.53. The van der Waals surface area contributed by atoms with Crippen LogP contribution in [0, 0.1) is 13.8 Å². The van der Waals surface area contributed by atoms with Gasteiger partial charge >= 0.3 is 0 Å². The molecule has 0 N–H and O–H groups in total. The number of aryl methyl sites for hydroxylation is 2. The molecule has 3 rings (SSSR count). The Balaban J connectivity index is 2.16. The van der Waals surface area contributed by atoms with E-state index >= 15 is 0 Å². The van der Waals surface area contributed by atoms with Crippen LogP contribution in [0.15, 0.2) is 28.7 Å². The van der Waals surface area contributed by atoms with Crippen LogP contribution >= 0.6 is 0 Å². The summed E-state index contributed by atoms with van der Waals surface area (Å²) in [5.41, 5.74) is 0. The number of furan rings is 1. The first-order chi connectivity index (χ1) is 7.25. The van der Waals surface area contributed by atoms with Gasteiger partial charge in [-0.05, 0) is 26.0 Å². The van der Waals surface area contributed by atoms with Gasteiger partial charge in [0.1, 0.15) is 11.5 Å². The Bertz CT molecular complexity index is 480. The SMILES string of the molecule is Cc1oc(C)c2c1Oc1ccccc1O2. The molecule has 0 saturated carbocycles. The van der Waals surface area contributed by atoms with E-state index in [4.69, 9.17) is 13.9 Å². The molecule has 76 valence electrons. The first kappa shape index (κ1) is 8.41. The third-order valence-electron chi connectivity index (χ3n) is 2.43. The van der Waals surface area contributed by atoms with E-state index in [0.29, 0.717) is 11.5 Å². The highest BCUT2D eigenvalue weighted by Gasteiger charge is 2.25. The average Bonchev–Trinajstić information content (AvgIpc) is 2.52. The molecule has 2 aromatic rings. The van der Waals surface area contributed by atoms with E-state index in [1.165, 1.54) is 0 Å². The van der Waals surface area contributed by atoms with Crippen LogP contribution < -0.4 is 9.47 Å². The molecule has 0 radical (unpaired) electrons. The Morgan fingerprint density at radius 3 is 1.73 bits per heavy atom. The van der Waals surface area contributed by atoms with Crippen molar-refractivity contribution in [3.05, 3.63) is 35.8 Å². The smallest absolute Gasteiger partial charge is 0.211 e. The highest BCUT2D eigenvalue weighted by molar-refractivity contribution is 5.56. The molecule has 0 aliphatic carbocycles. The fourth-order valence-corrected chi connectivity index (χ4v) is 1.72. The van der Waals surface area contributed by atoms with Crippen molar-refractivity contribution in [2.24, 2.45) is 0 Å². The Kier molecular flexibility index (Phi) is 1.57. The van der Waals surface area contributed by atoms with Crippen LogP contribution in [0.3, 0.4) is 0 Å². The normalized spacial score (nSPS) is 12.4. The third kappa shape index (κ3) is 1.13. The fraction of sp³-hybridized carbons (Fsp3) is 0.167. The van der Waals surface area contributed by atoms with Crippen molar-refractivity contribution >= 4 is 0 Å². The van der Waals surface area contributed by atoms with Gasteiger partial charge < -0.3 is 13.9 Å². The van der Waals surface area contributed by atoms with Crippen LogP contribution in [0.25, 0.3) is 0 Å². The van der Waals surface area contributed by atoms with Gasteiger partial charge in [0.25, 0.3) is 0 Å². The Morgan fingerprint density at radius 1 is 0.800 bits per heavy atom. The molecule has 3 heteroatoms. The molecule has 0 spiro atoms. The molecule has 3 nitrogen and oxygen atoms in total. The van der Waals surface area contributed by atoms with Crippen molar-refractivity contribution in [2.45, 2.75) is 13.8 Å². The summed E-state index contributed by atoms with van der Waals surface area (Å²) in [6.45, 7) is 3.73. The van der Waals surface area contributed by atoms with E-state index in [9.17, 15) is 0 Å². The maximum Gasteiger partial charge on any atom is 0.211 e. The zero-order chi connectivity index (χ0) is 10.4. The second-order valence-electron chi connectivity index (χ2n) is 3.52. The molecule has 0 amide bonds. The van der Waals surface area contributed by atoms with Gasteiger partial charge in [-0.25, -0.2) is 0 Å². The van der Waals surface area contributed by atoms with E-state index < -0.39 is 0 Å². The Labute approximate surface area is 87.2 Å². The van der Waals surface area contributed by atoms with Crippen molar-refractivity contribution in [3.63, 3.8) is 0 Å². The minimum Gasteiger partial charge on any atom is -0.459 e. The summed E-state index contributed by atoms with van der Waals surface area (Å²) in [6, 6.07) is 7.57. The number of benzene rings is 1. The second-order valence-corrected chi connectivity index (χ2v) is 3.52. The first-order valence-electron chi connectivity index (χ1n) is 4.80. The van der Waals surface area contributed by atoms with Crippen molar-refractivity contribution in [1.29, 1.82) is 0 Å². The molecule has 2 heterocycles. The zero-order valence-corrected chi connectivity index (χ0v) is 8.53. The summed E-state index contributed by atoms with van der Waals surface area (Å²) >= 11 is 0. The van der Waals surface area contributed by atoms with Crippen LogP contribution in [0.4, 0.5) is 0 Å². The maximum atomic E-state index is 5.71. The monoisotopic (exact) mass is 202 g/mol. The fourth-order valence-electron chi connectivity index (χ4n) is 1.72. The van der Waals surface area contributed by atoms with Crippen molar-refractivity contribution in [1.82, 2.24) is 0 Å². The van der Waals surface area contributed by atoms with Crippen LogP contribution in [-0.4, -0.2) is 0 Å². The molecular formula is C12H10O3. The van der Waals surface area contributed by atoms with Gasteiger partial charge in [0.15, 0.2) is 11.5 Å². The number of ether oxygens (including phenoxy) is 2. The lowest BCUT2D eigenvalue weighted by atomic mass is 10.2. The van der Waals surface area contributed by atoms with Gasteiger partial charge in [-0.2, -0.15) is 0 Å². The summed E-state index contributed by atoms with van der Waals surface area (Å²) in [4.78, 5) is 0. The van der Waals surface area contributed by atoms with Crippen LogP contribution in [0.5, 0.6) is 23.0 Å². The minimum absolute atomic E-state index is 0.686. The number of rotatable bonds is 0. The number of hydrogen-bond donors (Lipinski definition) is 0. The molecule has 1 aromatic heterocycles. The van der Waals surface area contributed by atoms with E-state index in [-0.39, 0.29) is 0 Å². The quantitative estimate of drug-likeness (QED) is 0.555. The van der Waals surface area contributed by atoms with Gasteiger partial charge in [-0.1, -0.05) is 12.1 Å².